The second kappa shape index (κ2) is 3.64. The molecule has 4 heteroatoms. The van der Waals surface area contributed by atoms with E-state index in [1.165, 1.54) is 16.6 Å². The Bertz CT molecular complexity index is 733. The van der Waals surface area contributed by atoms with Crippen LogP contribution in [0.1, 0.15) is 30.1 Å². The molecule has 4 nitrogen and oxygen atoms in total. The van der Waals surface area contributed by atoms with E-state index in [1.807, 2.05) is 6.07 Å². The number of rotatable bonds is 0. The minimum absolute atomic E-state index is 0.139. The number of nitrogens with one attached hydrogen (secondary N) is 1. The Labute approximate surface area is 117 Å². The number of nitrogens with zero attached hydrogens (tertiary/aromatic N) is 2. The van der Waals surface area contributed by atoms with Gasteiger partial charge in [-0.05, 0) is 37.4 Å². The van der Waals surface area contributed by atoms with Crippen molar-refractivity contribution < 1.29 is 4.79 Å². The third-order valence-electron chi connectivity index (χ3n) is 5.24. The Kier molecular flexibility index (Phi) is 1.99. The monoisotopic (exact) mass is 267 g/mol. The highest BCUT2D eigenvalue weighted by Gasteiger charge is 2.45. The van der Waals surface area contributed by atoms with Gasteiger partial charge in [0.2, 0.25) is 5.91 Å². The van der Waals surface area contributed by atoms with Crippen LogP contribution in [-0.2, 0) is 11.2 Å². The Balaban J connectivity index is 1.86. The van der Waals surface area contributed by atoms with Gasteiger partial charge in [0.25, 0.3) is 0 Å². The van der Waals surface area contributed by atoms with Crippen molar-refractivity contribution in [3.63, 3.8) is 0 Å². The average Bonchev–Trinajstić information content (AvgIpc) is 2.82. The van der Waals surface area contributed by atoms with Gasteiger partial charge in [0, 0.05) is 11.9 Å². The van der Waals surface area contributed by atoms with E-state index in [-0.39, 0.29) is 11.8 Å². The molecule has 20 heavy (non-hydrogen) atoms. The summed E-state index contributed by atoms with van der Waals surface area (Å²) in [7, 11) is 0. The number of piperidine rings is 1. The number of aromatic nitrogens is 1. The molecular formula is C16H17N3O. The molecule has 2 aromatic rings. The first-order valence-corrected chi connectivity index (χ1v) is 7.52. The first-order valence-electron chi connectivity index (χ1n) is 7.52. The van der Waals surface area contributed by atoms with E-state index >= 15 is 0 Å². The molecule has 0 radical (unpaired) electrons. The number of carbonyl (C=O) groups excluding carboxylic acids is 1. The Morgan fingerprint density at radius 1 is 1.20 bits per heavy atom. The predicted octanol–water partition coefficient (Wildman–Crippen LogP) is 2.03. The molecule has 5 rings (SSSR count). The van der Waals surface area contributed by atoms with E-state index in [9.17, 15) is 4.79 Å². The van der Waals surface area contributed by atoms with Gasteiger partial charge < -0.3 is 0 Å². The lowest BCUT2D eigenvalue weighted by atomic mass is 9.81. The van der Waals surface area contributed by atoms with Crippen LogP contribution < -0.4 is 5.43 Å². The van der Waals surface area contributed by atoms with E-state index < -0.39 is 0 Å². The summed E-state index contributed by atoms with van der Waals surface area (Å²) in [4.78, 5) is 15.0. The molecule has 2 atom stereocenters. The van der Waals surface area contributed by atoms with E-state index in [0.717, 1.165) is 37.9 Å². The fourth-order valence-corrected chi connectivity index (χ4v) is 4.42. The maximum Gasteiger partial charge on any atom is 0.243 e. The molecule has 3 aliphatic rings. The standard InChI is InChI=1S/C16H17N3O/c20-16-12-5-3-8-18-9-7-11-10-4-1-2-6-13(10)19(17-16)15(11)14(12)18/h1-2,4,6,12,14H,3,5,7-9H2,(H,17,20)/t12-,14+/m0/s1. The highest BCUT2D eigenvalue weighted by Crippen LogP contribution is 2.45. The minimum atomic E-state index is 0.139. The molecule has 1 amide bonds. The second-order valence-electron chi connectivity index (χ2n) is 6.17. The molecule has 1 aromatic heterocycles. The number of amides is 1. The number of hydrogen-bond donors (Lipinski definition) is 1. The first kappa shape index (κ1) is 10.9. The fourth-order valence-electron chi connectivity index (χ4n) is 4.42. The van der Waals surface area contributed by atoms with Crippen LogP contribution in [0.15, 0.2) is 24.3 Å². The topological polar surface area (TPSA) is 37.3 Å². The van der Waals surface area contributed by atoms with Gasteiger partial charge in [0.15, 0.2) is 0 Å². The third kappa shape index (κ3) is 1.18. The zero-order valence-electron chi connectivity index (χ0n) is 11.3. The second-order valence-corrected chi connectivity index (χ2v) is 6.17. The summed E-state index contributed by atoms with van der Waals surface area (Å²) in [5, 5.41) is 1.31. The molecule has 1 aromatic carbocycles. The number of fused-ring (bicyclic) bond motifs is 3. The molecule has 0 spiro atoms. The Morgan fingerprint density at radius 3 is 3.05 bits per heavy atom. The number of carbonyl (C=O) groups is 1. The van der Waals surface area contributed by atoms with E-state index in [1.54, 1.807) is 0 Å². The Hall–Kier alpha value is -1.81. The summed E-state index contributed by atoms with van der Waals surface area (Å²) in [5.41, 5.74) is 7.08. The summed E-state index contributed by atoms with van der Waals surface area (Å²) < 4.78 is 2.06. The third-order valence-corrected chi connectivity index (χ3v) is 5.24. The van der Waals surface area contributed by atoms with Crippen molar-refractivity contribution in [2.24, 2.45) is 5.92 Å². The minimum Gasteiger partial charge on any atom is -0.294 e. The summed E-state index contributed by atoms with van der Waals surface area (Å²) in [6.45, 7) is 2.23. The highest BCUT2D eigenvalue weighted by atomic mass is 16.2. The highest BCUT2D eigenvalue weighted by molar-refractivity contribution is 5.94. The molecule has 0 unspecified atom stereocenters. The smallest absolute Gasteiger partial charge is 0.243 e. The van der Waals surface area contributed by atoms with Crippen LogP contribution in [0.2, 0.25) is 0 Å². The molecule has 0 aliphatic carbocycles. The molecule has 1 fully saturated rings. The van der Waals surface area contributed by atoms with Crippen molar-refractivity contribution in [2.75, 3.05) is 18.5 Å². The van der Waals surface area contributed by atoms with Crippen molar-refractivity contribution in [1.29, 1.82) is 0 Å². The molecule has 3 aliphatic heterocycles. The van der Waals surface area contributed by atoms with Gasteiger partial charge in [0.05, 0.1) is 23.2 Å². The zero-order valence-corrected chi connectivity index (χ0v) is 11.3. The summed E-state index contributed by atoms with van der Waals surface area (Å²) >= 11 is 0. The van der Waals surface area contributed by atoms with Crippen molar-refractivity contribution >= 4 is 16.8 Å². The molecule has 4 heterocycles. The molecule has 102 valence electrons. The van der Waals surface area contributed by atoms with Crippen molar-refractivity contribution in [3.8, 4) is 0 Å². The van der Waals surface area contributed by atoms with Crippen LogP contribution in [0.5, 0.6) is 0 Å². The molecular weight excluding hydrogens is 250 g/mol. The SMILES string of the molecule is O=C1Nn2c3c(c4ccccc42)CCN2CCC[C@H]1[C@H]32. The number of hydrogen-bond acceptors (Lipinski definition) is 2. The summed E-state index contributed by atoms with van der Waals surface area (Å²) in [6, 6.07) is 8.75. The maximum absolute atomic E-state index is 12.5. The van der Waals surface area contributed by atoms with Crippen LogP contribution in [0.4, 0.5) is 0 Å². The van der Waals surface area contributed by atoms with Crippen LogP contribution in [0.25, 0.3) is 10.9 Å². The summed E-state index contributed by atoms with van der Waals surface area (Å²) in [6.07, 6.45) is 3.26. The van der Waals surface area contributed by atoms with Crippen LogP contribution in [-0.4, -0.2) is 28.6 Å². The fraction of sp³-hybridized carbons (Fsp3) is 0.438. The first-order chi connectivity index (χ1) is 9.84. The van der Waals surface area contributed by atoms with Gasteiger partial charge in [-0.2, -0.15) is 0 Å². The molecule has 1 N–H and O–H groups in total. The van der Waals surface area contributed by atoms with Crippen molar-refractivity contribution in [3.05, 3.63) is 35.5 Å². The van der Waals surface area contributed by atoms with Crippen molar-refractivity contribution in [2.45, 2.75) is 25.3 Å². The molecule has 0 saturated carbocycles. The van der Waals surface area contributed by atoms with Gasteiger partial charge in [0.1, 0.15) is 0 Å². The van der Waals surface area contributed by atoms with Gasteiger partial charge in [-0.3, -0.25) is 19.8 Å². The van der Waals surface area contributed by atoms with Crippen LogP contribution >= 0.6 is 0 Å². The lowest BCUT2D eigenvalue weighted by molar-refractivity contribution is -0.126. The van der Waals surface area contributed by atoms with E-state index in [0.29, 0.717) is 6.04 Å². The van der Waals surface area contributed by atoms with E-state index in [4.69, 9.17) is 0 Å². The molecule has 0 bridgehead atoms. The normalized spacial score (nSPS) is 28.3. The average molecular weight is 267 g/mol. The summed E-state index contributed by atoms with van der Waals surface area (Å²) in [5.74, 6) is 0.334. The number of para-hydroxylation sites is 1. The van der Waals surface area contributed by atoms with E-state index in [2.05, 4.69) is 33.2 Å². The quantitative estimate of drug-likeness (QED) is 0.793. The molecule has 1 saturated heterocycles. The largest absolute Gasteiger partial charge is 0.294 e. The van der Waals surface area contributed by atoms with Gasteiger partial charge >= 0.3 is 0 Å². The number of benzene rings is 1. The predicted molar refractivity (Wildman–Crippen MR) is 77.0 cm³/mol. The van der Waals surface area contributed by atoms with Crippen LogP contribution in [0.3, 0.4) is 0 Å². The van der Waals surface area contributed by atoms with Gasteiger partial charge in [-0.15, -0.1) is 0 Å². The van der Waals surface area contributed by atoms with Crippen LogP contribution in [0, 0.1) is 5.92 Å². The zero-order chi connectivity index (χ0) is 13.3. The lowest BCUT2D eigenvalue weighted by Gasteiger charge is -2.46. The maximum atomic E-state index is 12.5. The Morgan fingerprint density at radius 2 is 2.10 bits per heavy atom. The van der Waals surface area contributed by atoms with Gasteiger partial charge in [-0.1, -0.05) is 18.2 Å². The lowest BCUT2D eigenvalue weighted by Crippen LogP contribution is -2.52. The van der Waals surface area contributed by atoms with Gasteiger partial charge in [-0.25, -0.2) is 0 Å². The van der Waals surface area contributed by atoms with Crippen molar-refractivity contribution in [1.82, 2.24) is 9.58 Å².